The minimum Gasteiger partial charge on any atom is -0.312 e. The highest BCUT2D eigenvalue weighted by Gasteiger charge is 2.24. The molecule has 2 aromatic carbocycles. The lowest BCUT2D eigenvalue weighted by Gasteiger charge is -2.31. The summed E-state index contributed by atoms with van der Waals surface area (Å²) in [6.45, 7) is 4.49. The van der Waals surface area contributed by atoms with E-state index in [1.54, 1.807) is 18.2 Å². The van der Waals surface area contributed by atoms with Gasteiger partial charge in [0.05, 0.1) is 5.69 Å². The molecule has 0 fully saturated rings. The molecule has 0 aliphatic carbocycles. The number of urea groups is 1. The highest BCUT2D eigenvalue weighted by Crippen LogP contribution is 2.30. The lowest BCUT2D eigenvalue weighted by Crippen LogP contribution is -2.38. The van der Waals surface area contributed by atoms with Crippen LogP contribution in [-0.2, 0) is 11.2 Å². The molecule has 0 aromatic heterocycles. The van der Waals surface area contributed by atoms with Gasteiger partial charge in [0.1, 0.15) is 5.82 Å². The predicted octanol–water partition coefficient (Wildman–Crippen LogP) is 4.40. The number of carbonyl (C=O) groups excluding carboxylic acids is 2. The summed E-state index contributed by atoms with van der Waals surface area (Å²) in [5, 5.41) is 5.21. The Labute approximate surface area is 152 Å². The van der Waals surface area contributed by atoms with Crippen LogP contribution in [0.15, 0.2) is 42.5 Å². The van der Waals surface area contributed by atoms with Crippen LogP contribution in [0.1, 0.15) is 25.8 Å². The minimum atomic E-state index is -0.513. The van der Waals surface area contributed by atoms with E-state index in [0.717, 1.165) is 24.1 Å². The molecule has 0 unspecified atom stereocenters. The third-order valence-electron chi connectivity index (χ3n) is 4.34. The highest BCUT2D eigenvalue weighted by atomic mass is 19.1. The fraction of sp³-hybridized carbons (Fsp3) is 0.300. The molecule has 26 heavy (non-hydrogen) atoms. The highest BCUT2D eigenvalue weighted by molar-refractivity contribution is 6.00. The summed E-state index contributed by atoms with van der Waals surface area (Å²) in [7, 11) is 0. The van der Waals surface area contributed by atoms with E-state index in [1.807, 2.05) is 30.9 Å². The van der Waals surface area contributed by atoms with Gasteiger partial charge in [0.2, 0.25) is 5.91 Å². The molecule has 0 atom stereocenters. The van der Waals surface area contributed by atoms with Gasteiger partial charge in [-0.15, -0.1) is 0 Å². The quantitative estimate of drug-likeness (QED) is 0.857. The van der Waals surface area contributed by atoms with Gasteiger partial charge in [0.15, 0.2) is 0 Å². The minimum absolute atomic E-state index is 0.0645. The zero-order valence-electron chi connectivity index (χ0n) is 14.9. The molecule has 0 saturated carbocycles. The molecular weight excluding hydrogens is 333 g/mol. The number of benzene rings is 2. The standard InChI is InChI=1S/C20H22FN3O2/c1-13(2)19(25)24-11-5-6-14-12-15(9-10-18(14)24)22-20(26)23-17-8-4-3-7-16(17)21/h3-4,7-10,12-13H,5-6,11H2,1-2H3,(H2,22,23,26). The van der Waals surface area contributed by atoms with Gasteiger partial charge in [-0.2, -0.15) is 0 Å². The maximum Gasteiger partial charge on any atom is 0.323 e. The van der Waals surface area contributed by atoms with Gasteiger partial charge in [-0.3, -0.25) is 4.79 Å². The van der Waals surface area contributed by atoms with E-state index in [2.05, 4.69) is 10.6 Å². The molecule has 1 aliphatic rings. The number of hydrogen-bond acceptors (Lipinski definition) is 2. The molecule has 2 aromatic rings. The number of rotatable bonds is 3. The lowest BCUT2D eigenvalue weighted by molar-refractivity contribution is -0.121. The fourth-order valence-corrected chi connectivity index (χ4v) is 3.06. The Morgan fingerprint density at radius 1 is 1.12 bits per heavy atom. The van der Waals surface area contributed by atoms with Gasteiger partial charge in [-0.05, 0) is 48.7 Å². The van der Waals surface area contributed by atoms with Crippen molar-refractivity contribution in [3.8, 4) is 0 Å². The maximum atomic E-state index is 13.6. The molecule has 0 spiro atoms. The molecular formula is C20H22FN3O2. The summed E-state index contributed by atoms with van der Waals surface area (Å²) < 4.78 is 13.6. The Bertz CT molecular complexity index is 836. The number of fused-ring (bicyclic) bond motifs is 1. The van der Waals surface area contributed by atoms with Crippen LogP contribution in [0.3, 0.4) is 0 Å². The smallest absolute Gasteiger partial charge is 0.312 e. The first kappa shape index (κ1) is 17.9. The second-order valence-corrected chi connectivity index (χ2v) is 6.65. The Balaban J connectivity index is 1.74. The van der Waals surface area contributed by atoms with Crippen LogP contribution in [0.2, 0.25) is 0 Å². The number of carbonyl (C=O) groups is 2. The molecule has 0 saturated heterocycles. The van der Waals surface area contributed by atoms with E-state index in [1.165, 1.54) is 12.1 Å². The van der Waals surface area contributed by atoms with Crippen LogP contribution in [0.25, 0.3) is 0 Å². The van der Waals surface area contributed by atoms with E-state index < -0.39 is 11.8 Å². The summed E-state index contributed by atoms with van der Waals surface area (Å²) >= 11 is 0. The topological polar surface area (TPSA) is 61.4 Å². The number of nitrogens with zero attached hydrogens (tertiary/aromatic N) is 1. The van der Waals surface area contributed by atoms with Gasteiger partial charge < -0.3 is 15.5 Å². The molecule has 1 heterocycles. The van der Waals surface area contributed by atoms with E-state index in [-0.39, 0.29) is 17.5 Å². The van der Waals surface area contributed by atoms with Crippen LogP contribution in [0.4, 0.5) is 26.2 Å². The van der Waals surface area contributed by atoms with Crippen molar-refractivity contribution >= 4 is 29.0 Å². The van der Waals surface area contributed by atoms with Crippen molar-refractivity contribution in [1.29, 1.82) is 0 Å². The molecule has 2 N–H and O–H groups in total. The van der Waals surface area contributed by atoms with Crippen molar-refractivity contribution in [3.05, 3.63) is 53.8 Å². The summed E-state index contributed by atoms with van der Waals surface area (Å²) in [6.07, 6.45) is 1.73. The molecule has 6 heteroatoms. The first-order valence-electron chi connectivity index (χ1n) is 8.72. The van der Waals surface area contributed by atoms with Gasteiger partial charge in [0.25, 0.3) is 0 Å². The molecule has 1 aliphatic heterocycles. The van der Waals surface area contributed by atoms with Crippen LogP contribution in [-0.4, -0.2) is 18.5 Å². The summed E-state index contributed by atoms with van der Waals surface area (Å²) in [5.74, 6) is -0.454. The van der Waals surface area contributed by atoms with Crippen molar-refractivity contribution in [2.45, 2.75) is 26.7 Å². The van der Waals surface area contributed by atoms with Gasteiger partial charge in [-0.25, -0.2) is 9.18 Å². The Morgan fingerprint density at radius 3 is 2.62 bits per heavy atom. The lowest BCUT2D eigenvalue weighted by atomic mass is 9.99. The molecule has 3 amide bonds. The van der Waals surface area contributed by atoms with Gasteiger partial charge in [0, 0.05) is 23.8 Å². The molecule has 3 rings (SSSR count). The van der Waals surface area contributed by atoms with Crippen LogP contribution in [0, 0.1) is 11.7 Å². The monoisotopic (exact) mass is 355 g/mol. The molecule has 136 valence electrons. The van der Waals surface area contributed by atoms with Gasteiger partial charge >= 0.3 is 6.03 Å². The Morgan fingerprint density at radius 2 is 1.88 bits per heavy atom. The second kappa shape index (κ2) is 7.56. The zero-order chi connectivity index (χ0) is 18.7. The predicted molar refractivity (Wildman–Crippen MR) is 101 cm³/mol. The van der Waals surface area contributed by atoms with E-state index >= 15 is 0 Å². The van der Waals surface area contributed by atoms with Crippen LogP contribution < -0.4 is 15.5 Å². The second-order valence-electron chi connectivity index (χ2n) is 6.65. The fourth-order valence-electron chi connectivity index (χ4n) is 3.06. The first-order valence-corrected chi connectivity index (χ1v) is 8.72. The summed E-state index contributed by atoms with van der Waals surface area (Å²) in [4.78, 5) is 26.3. The largest absolute Gasteiger partial charge is 0.323 e. The summed E-state index contributed by atoms with van der Waals surface area (Å²) in [6, 6.07) is 11.0. The number of hydrogen-bond donors (Lipinski definition) is 2. The SMILES string of the molecule is CC(C)C(=O)N1CCCc2cc(NC(=O)Nc3ccccc3F)ccc21. The zero-order valence-corrected chi connectivity index (χ0v) is 14.9. The van der Waals surface area contributed by atoms with E-state index in [9.17, 15) is 14.0 Å². The average molecular weight is 355 g/mol. The number of amides is 3. The number of para-hydroxylation sites is 1. The third kappa shape index (κ3) is 3.85. The van der Waals surface area contributed by atoms with E-state index in [0.29, 0.717) is 12.2 Å². The Kier molecular flexibility index (Phi) is 5.21. The third-order valence-corrected chi connectivity index (χ3v) is 4.34. The normalized spacial score (nSPS) is 13.3. The molecule has 5 nitrogen and oxygen atoms in total. The number of aryl methyl sites for hydroxylation is 1. The first-order chi connectivity index (χ1) is 12.5. The van der Waals surface area contributed by atoms with Crippen LogP contribution >= 0.6 is 0 Å². The number of anilines is 3. The number of halogens is 1. The maximum absolute atomic E-state index is 13.6. The Hall–Kier alpha value is -2.89. The van der Waals surface area contributed by atoms with E-state index in [4.69, 9.17) is 0 Å². The van der Waals surface area contributed by atoms with Crippen molar-refractivity contribution in [1.82, 2.24) is 0 Å². The average Bonchev–Trinajstić information content (AvgIpc) is 2.62. The van der Waals surface area contributed by atoms with Crippen molar-refractivity contribution < 1.29 is 14.0 Å². The van der Waals surface area contributed by atoms with Crippen molar-refractivity contribution in [2.24, 2.45) is 5.92 Å². The summed E-state index contributed by atoms with van der Waals surface area (Å²) in [5.41, 5.74) is 2.65. The van der Waals surface area contributed by atoms with Crippen molar-refractivity contribution in [2.75, 3.05) is 22.1 Å². The molecule has 0 radical (unpaired) electrons. The van der Waals surface area contributed by atoms with Crippen LogP contribution in [0.5, 0.6) is 0 Å². The van der Waals surface area contributed by atoms with Crippen molar-refractivity contribution in [3.63, 3.8) is 0 Å². The molecule has 0 bridgehead atoms. The number of nitrogens with one attached hydrogen (secondary N) is 2. The van der Waals surface area contributed by atoms with Gasteiger partial charge in [-0.1, -0.05) is 26.0 Å².